The fourth-order valence-electron chi connectivity index (χ4n) is 7.09. The van der Waals surface area contributed by atoms with Gasteiger partial charge < -0.3 is 14.6 Å². The molecule has 8 heteroatoms. The highest BCUT2D eigenvalue weighted by Gasteiger charge is 2.31. The van der Waals surface area contributed by atoms with Crippen molar-refractivity contribution in [3.63, 3.8) is 0 Å². The molecule has 0 amide bonds. The van der Waals surface area contributed by atoms with E-state index in [1.165, 1.54) is 29.4 Å². The Morgan fingerprint density at radius 2 is 1.70 bits per heavy atom. The molecule has 4 nitrogen and oxygen atoms in total. The van der Waals surface area contributed by atoms with Gasteiger partial charge in [-0.1, -0.05) is 74.4 Å². The summed E-state index contributed by atoms with van der Waals surface area (Å²) in [4.78, 5) is 14.8. The molecule has 6 rings (SSSR count). The van der Waals surface area contributed by atoms with Crippen molar-refractivity contribution in [2.75, 3.05) is 6.54 Å². The van der Waals surface area contributed by atoms with Gasteiger partial charge in [0.15, 0.2) is 0 Å². The predicted molar refractivity (Wildman–Crippen MR) is 168 cm³/mol. The summed E-state index contributed by atoms with van der Waals surface area (Å²) in [5, 5.41) is 9.91. The first kappa shape index (κ1) is 29.5. The van der Waals surface area contributed by atoms with Gasteiger partial charge in [-0.05, 0) is 72.4 Å². The van der Waals surface area contributed by atoms with Gasteiger partial charge in [0.25, 0.3) is 0 Å². The maximum absolute atomic E-state index is 13.0. The third kappa shape index (κ3) is 6.12. The molecule has 1 aliphatic carbocycles. The van der Waals surface area contributed by atoms with Gasteiger partial charge in [0.05, 0.1) is 28.9 Å². The molecule has 1 aliphatic heterocycles. The Labute approximate surface area is 254 Å². The average molecular weight is 607 g/mol. The molecule has 2 fully saturated rings. The molecule has 226 valence electrons. The highest BCUT2D eigenvalue weighted by Crippen LogP contribution is 2.47. The molecule has 2 aromatic carbocycles. The van der Waals surface area contributed by atoms with Crippen molar-refractivity contribution in [1.29, 1.82) is 0 Å². The summed E-state index contributed by atoms with van der Waals surface area (Å²) in [7, 11) is 0. The van der Waals surface area contributed by atoms with E-state index >= 15 is 0 Å². The van der Waals surface area contributed by atoms with Crippen molar-refractivity contribution >= 4 is 27.5 Å². The summed E-state index contributed by atoms with van der Waals surface area (Å²) in [5.41, 5.74) is 7.18. The largest absolute Gasteiger partial charge is 0.477 e. The van der Waals surface area contributed by atoms with Crippen molar-refractivity contribution in [2.24, 2.45) is 0 Å². The number of hydrogen-bond acceptors (Lipinski definition) is 3. The van der Waals surface area contributed by atoms with Crippen LogP contribution in [0.5, 0.6) is 0 Å². The van der Waals surface area contributed by atoms with Crippen molar-refractivity contribution in [3.05, 3.63) is 82.9 Å². The number of fused-ring (bicyclic) bond motifs is 1. The van der Waals surface area contributed by atoms with Crippen molar-refractivity contribution in [2.45, 2.75) is 83.0 Å². The summed E-state index contributed by atoms with van der Waals surface area (Å²) in [6.07, 6.45) is 2.72. The second-order valence-electron chi connectivity index (χ2n) is 12.1. The second-order valence-corrected chi connectivity index (χ2v) is 13.2. The Balaban J connectivity index is 1.46. The van der Waals surface area contributed by atoms with Crippen LogP contribution in [0.3, 0.4) is 0 Å². The molecule has 1 N–H and O–H groups in total. The maximum Gasteiger partial charge on any atom is 0.393 e. The van der Waals surface area contributed by atoms with E-state index in [1.807, 2.05) is 24.3 Å². The monoisotopic (exact) mass is 606 g/mol. The van der Waals surface area contributed by atoms with Gasteiger partial charge in [-0.2, -0.15) is 13.2 Å². The topological polar surface area (TPSA) is 45.5 Å². The number of allylic oxidation sites excluding steroid dienone is 1. The molecule has 1 unspecified atom stereocenters. The van der Waals surface area contributed by atoms with Crippen LogP contribution in [0.2, 0.25) is 0 Å². The minimum Gasteiger partial charge on any atom is -0.477 e. The molecule has 43 heavy (non-hydrogen) atoms. The van der Waals surface area contributed by atoms with E-state index in [0.29, 0.717) is 23.4 Å². The van der Waals surface area contributed by atoms with Crippen LogP contribution in [0.15, 0.2) is 66.9 Å². The molecule has 2 aromatic heterocycles. The SMILES string of the molecule is C=C(Cn1c(-c2ccc(-c3cccc(CC(F)(F)F)c3)cc2)c(C2CCCCC2)c2sc(C(=O)O)cc21)N1CCCC1C. The Morgan fingerprint density at radius 1 is 0.977 bits per heavy atom. The number of likely N-dealkylation sites (tertiary alicyclic amines) is 1. The molecule has 2 aliphatic rings. The minimum atomic E-state index is -4.26. The number of hydrogen-bond donors (Lipinski definition) is 1. The highest BCUT2D eigenvalue weighted by molar-refractivity contribution is 7.21. The number of carbonyl (C=O) groups is 1. The van der Waals surface area contributed by atoms with Crippen molar-refractivity contribution in [1.82, 2.24) is 9.47 Å². The van der Waals surface area contributed by atoms with Crippen LogP contribution < -0.4 is 0 Å². The minimum absolute atomic E-state index is 0.242. The first-order chi connectivity index (χ1) is 20.6. The van der Waals surface area contributed by atoms with E-state index in [2.05, 4.69) is 35.1 Å². The highest BCUT2D eigenvalue weighted by atomic mass is 32.1. The van der Waals surface area contributed by atoms with Crippen LogP contribution in [-0.4, -0.2) is 39.3 Å². The predicted octanol–water partition coefficient (Wildman–Crippen LogP) is 9.89. The van der Waals surface area contributed by atoms with E-state index in [9.17, 15) is 23.1 Å². The van der Waals surface area contributed by atoms with Crippen LogP contribution in [0, 0.1) is 0 Å². The van der Waals surface area contributed by atoms with Crippen LogP contribution in [0.4, 0.5) is 13.2 Å². The lowest BCUT2D eigenvalue weighted by atomic mass is 9.83. The number of carboxylic acid groups (broad SMARTS) is 1. The zero-order valence-electron chi connectivity index (χ0n) is 24.4. The smallest absolute Gasteiger partial charge is 0.393 e. The van der Waals surface area contributed by atoms with Crippen molar-refractivity contribution in [3.8, 4) is 22.4 Å². The van der Waals surface area contributed by atoms with E-state index in [1.54, 1.807) is 12.1 Å². The zero-order valence-corrected chi connectivity index (χ0v) is 25.2. The summed E-state index contributed by atoms with van der Waals surface area (Å²) < 4.78 is 42.4. The number of aromatic carboxylic acids is 1. The lowest BCUT2D eigenvalue weighted by molar-refractivity contribution is -0.127. The maximum atomic E-state index is 13.0. The van der Waals surface area contributed by atoms with E-state index in [0.717, 1.165) is 83.4 Å². The van der Waals surface area contributed by atoms with Gasteiger partial charge in [-0.15, -0.1) is 11.3 Å². The van der Waals surface area contributed by atoms with Gasteiger partial charge in [0.2, 0.25) is 0 Å². The quantitative estimate of drug-likeness (QED) is 0.217. The summed E-state index contributed by atoms with van der Waals surface area (Å²) in [6.45, 7) is 8.26. The fraction of sp³-hybridized carbons (Fsp3) is 0.400. The molecule has 1 saturated heterocycles. The molecule has 1 atom stereocenters. The number of carboxylic acids is 1. The molecule has 0 spiro atoms. The number of benzene rings is 2. The standard InChI is InChI=1S/C35H37F3N2O2S/c1-22-8-7-17-39(22)23(2)21-40-29-19-30(34(41)42)43-33(29)31(26-10-4-3-5-11-26)32(40)27-15-13-25(14-16-27)28-12-6-9-24(18-28)20-35(36,37)38/h6,9,12-16,18-19,22,26H,2-5,7-8,10-11,17,20-21H2,1H3,(H,41,42). The first-order valence-electron chi connectivity index (χ1n) is 15.2. The van der Waals surface area contributed by atoms with Gasteiger partial charge in [-0.25, -0.2) is 4.79 Å². The van der Waals surface area contributed by atoms with E-state index in [-0.39, 0.29) is 5.56 Å². The lowest BCUT2D eigenvalue weighted by Gasteiger charge is -2.28. The third-order valence-corrected chi connectivity index (χ3v) is 10.3. The number of aromatic nitrogens is 1. The molecule has 4 aromatic rings. The molecule has 1 saturated carbocycles. The van der Waals surface area contributed by atoms with Crippen molar-refractivity contribution < 1.29 is 23.1 Å². The van der Waals surface area contributed by atoms with Crippen LogP contribution >= 0.6 is 11.3 Å². The van der Waals surface area contributed by atoms with Gasteiger partial charge >= 0.3 is 12.1 Å². The van der Waals surface area contributed by atoms with Crippen LogP contribution in [-0.2, 0) is 13.0 Å². The van der Waals surface area contributed by atoms with Crippen LogP contribution in [0.1, 0.15) is 78.6 Å². The number of thiophene rings is 1. The Hall–Kier alpha value is -3.52. The molecular weight excluding hydrogens is 569 g/mol. The Morgan fingerprint density at radius 3 is 2.35 bits per heavy atom. The summed E-state index contributed by atoms with van der Waals surface area (Å²) in [5.74, 6) is -0.571. The normalized spacial score (nSPS) is 18.0. The Kier molecular flexibility index (Phi) is 8.16. The first-order valence-corrected chi connectivity index (χ1v) is 16.0. The van der Waals surface area contributed by atoms with E-state index in [4.69, 9.17) is 0 Å². The van der Waals surface area contributed by atoms with Gasteiger partial charge in [0.1, 0.15) is 4.88 Å². The number of alkyl halides is 3. The van der Waals surface area contributed by atoms with Gasteiger partial charge in [0, 0.05) is 18.3 Å². The summed E-state index contributed by atoms with van der Waals surface area (Å²) in [6, 6.07) is 17.0. The molecule has 3 heterocycles. The van der Waals surface area contributed by atoms with Gasteiger partial charge in [-0.3, -0.25) is 0 Å². The summed E-state index contributed by atoms with van der Waals surface area (Å²) >= 11 is 1.37. The number of halogens is 3. The van der Waals surface area contributed by atoms with E-state index < -0.39 is 18.6 Å². The Bertz CT molecular complexity index is 1640. The number of rotatable bonds is 8. The molecule has 0 radical (unpaired) electrons. The lowest BCUT2D eigenvalue weighted by Crippen LogP contribution is -2.28. The molecular formula is C35H37F3N2O2S. The average Bonchev–Trinajstić information content (AvgIpc) is 3.68. The third-order valence-electron chi connectivity index (χ3n) is 9.12. The number of nitrogens with zero attached hydrogens (tertiary/aromatic N) is 2. The second kappa shape index (κ2) is 11.9. The molecule has 0 bridgehead atoms. The van der Waals surface area contributed by atoms with Crippen LogP contribution in [0.25, 0.3) is 32.6 Å². The fourth-order valence-corrected chi connectivity index (χ4v) is 8.21. The zero-order chi connectivity index (χ0) is 30.3.